The first-order valence-corrected chi connectivity index (χ1v) is 11.4. The van der Waals surface area contributed by atoms with Crippen LogP contribution >= 0.6 is 0 Å². The van der Waals surface area contributed by atoms with Gasteiger partial charge in [-0.15, -0.1) is 0 Å². The molecule has 1 N–H and O–H groups in total. The summed E-state index contributed by atoms with van der Waals surface area (Å²) in [6.07, 6.45) is 6.30. The van der Waals surface area contributed by atoms with Crippen LogP contribution in [0, 0.1) is 34.5 Å². The number of hydrogen-bond acceptors (Lipinski definition) is 6. The van der Waals surface area contributed by atoms with Gasteiger partial charge in [-0.3, -0.25) is 14.4 Å². The van der Waals surface area contributed by atoms with Crippen molar-refractivity contribution in [2.75, 3.05) is 7.11 Å². The van der Waals surface area contributed by atoms with E-state index in [1.54, 1.807) is 0 Å². The highest BCUT2D eigenvalue weighted by Crippen LogP contribution is 2.70. The third-order valence-corrected chi connectivity index (χ3v) is 9.88. The van der Waals surface area contributed by atoms with Crippen molar-refractivity contribution < 1.29 is 29.0 Å². The van der Waals surface area contributed by atoms with Crippen LogP contribution in [0.4, 0.5) is 0 Å². The summed E-state index contributed by atoms with van der Waals surface area (Å²) in [6, 6.07) is 0. The van der Waals surface area contributed by atoms with Gasteiger partial charge in [0.1, 0.15) is 11.4 Å². The van der Waals surface area contributed by atoms with Crippen molar-refractivity contribution in [1.82, 2.24) is 0 Å². The Morgan fingerprint density at radius 3 is 2.60 bits per heavy atom. The Bertz CT molecular complexity index is 847. The fraction of sp³-hybridized carbons (Fsp3) is 0.792. The van der Waals surface area contributed by atoms with Crippen LogP contribution in [0.15, 0.2) is 11.6 Å². The predicted molar refractivity (Wildman–Crippen MR) is 107 cm³/mol. The number of carbonyl (C=O) groups is 3. The molecule has 0 radical (unpaired) electrons. The first kappa shape index (κ1) is 20.2. The molecule has 30 heavy (non-hydrogen) atoms. The molecule has 0 bridgehead atoms. The molecule has 3 unspecified atom stereocenters. The van der Waals surface area contributed by atoms with Crippen molar-refractivity contribution >= 4 is 17.7 Å². The molecule has 0 amide bonds. The van der Waals surface area contributed by atoms with Gasteiger partial charge < -0.3 is 14.6 Å². The number of Topliss-reactive ketones (excluding diaryl/α,β-unsaturated/α-hetero) is 1. The summed E-state index contributed by atoms with van der Waals surface area (Å²) >= 11 is 0. The Morgan fingerprint density at radius 2 is 1.93 bits per heavy atom. The molecule has 1 aliphatic heterocycles. The van der Waals surface area contributed by atoms with Crippen molar-refractivity contribution in [1.29, 1.82) is 0 Å². The molecule has 0 aromatic heterocycles. The van der Waals surface area contributed by atoms with Crippen LogP contribution in [0.25, 0.3) is 0 Å². The number of rotatable bonds is 1. The van der Waals surface area contributed by atoms with Gasteiger partial charge in [-0.05, 0) is 55.3 Å². The van der Waals surface area contributed by atoms with Crippen molar-refractivity contribution in [3.8, 4) is 0 Å². The maximum Gasteiger partial charge on any atom is 0.312 e. The zero-order valence-electron chi connectivity index (χ0n) is 18.1. The number of ketones is 1. The number of hydrogen-bond donors (Lipinski definition) is 1. The predicted octanol–water partition coefficient (Wildman–Crippen LogP) is 2.96. The molecule has 6 nitrogen and oxygen atoms in total. The molecule has 1 saturated heterocycles. The highest BCUT2D eigenvalue weighted by Gasteiger charge is 2.71. The van der Waals surface area contributed by atoms with E-state index >= 15 is 0 Å². The molecule has 6 heteroatoms. The number of fused-ring (bicyclic) bond motifs is 6. The van der Waals surface area contributed by atoms with Crippen molar-refractivity contribution in [3.05, 3.63) is 11.6 Å². The normalized spacial score (nSPS) is 49.7. The summed E-state index contributed by atoms with van der Waals surface area (Å²) in [4.78, 5) is 37.2. The van der Waals surface area contributed by atoms with Crippen LogP contribution in [0.1, 0.15) is 65.2 Å². The second kappa shape index (κ2) is 6.41. The van der Waals surface area contributed by atoms with Gasteiger partial charge in [-0.1, -0.05) is 25.5 Å². The summed E-state index contributed by atoms with van der Waals surface area (Å²) in [6.45, 7) is 4.29. The van der Waals surface area contributed by atoms with Gasteiger partial charge in [0.05, 0.1) is 19.1 Å². The lowest BCUT2D eigenvalue weighted by Crippen LogP contribution is -2.62. The minimum atomic E-state index is -0.632. The zero-order valence-corrected chi connectivity index (χ0v) is 18.1. The number of allylic oxidation sites excluding steroid dienone is 1. The van der Waals surface area contributed by atoms with Crippen LogP contribution in [0.5, 0.6) is 0 Å². The SMILES string of the molecule is COC(=O)C1C=C2CC(=O)CC[C@]2(C)C2C[C@@H](O)[C@@]3(C)C(CC[C@@]34CCC(=O)O4)[C@H]12. The summed E-state index contributed by atoms with van der Waals surface area (Å²) in [5, 5.41) is 11.5. The number of esters is 2. The summed E-state index contributed by atoms with van der Waals surface area (Å²) in [5.41, 5.74) is -0.342. The molecule has 5 rings (SSSR count). The standard InChI is InChI=1S/C24H32O6/c1-22-7-4-14(25)10-13(22)11-15(21(28)29-3)20-16-5-8-24(9-6-19(27)30-24)23(16,2)18(26)12-17(20)22/h11,15-18,20,26H,4-10,12H2,1-3H3/t15?,16?,17?,18-,20+,22+,23-,24-/m1/s1. The van der Waals surface area contributed by atoms with Crippen LogP contribution in [-0.2, 0) is 23.9 Å². The molecule has 1 spiro atoms. The van der Waals surface area contributed by atoms with Gasteiger partial charge in [0, 0.05) is 24.7 Å². The fourth-order valence-electron chi connectivity index (χ4n) is 8.15. The molecule has 5 aliphatic rings. The number of ether oxygens (including phenoxy) is 2. The van der Waals surface area contributed by atoms with Gasteiger partial charge in [0.25, 0.3) is 0 Å². The lowest BCUT2D eigenvalue weighted by Gasteiger charge is -2.61. The van der Waals surface area contributed by atoms with Crippen LogP contribution in [0.3, 0.4) is 0 Å². The average molecular weight is 417 g/mol. The lowest BCUT2D eigenvalue weighted by molar-refractivity contribution is -0.202. The third kappa shape index (κ3) is 2.37. The topological polar surface area (TPSA) is 89.9 Å². The van der Waals surface area contributed by atoms with Gasteiger partial charge in [-0.2, -0.15) is 0 Å². The number of aliphatic hydroxyl groups excluding tert-OH is 1. The maximum atomic E-state index is 12.9. The quantitative estimate of drug-likeness (QED) is 0.522. The van der Waals surface area contributed by atoms with E-state index in [0.29, 0.717) is 32.1 Å². The summed E-state index contributed by atoms with van der Waals surface area (Å²) in [5.74, 6) is -0.451. The highest BCUT2D eigenvalue weighted by atomic mass is 16.6. The lowest BCUT2D eigenvalue weighted by atomic mass is 9.44. The molecular weight excluding hydrogens is 384 g/mol. The van der Waals surface area contributed by atoms with E-state index in [1.165, 1.54) is 7.11 Å². The smallest absolute Gasteiger partial charge is 0.312 e. The average Bonchev–Trinajstić information content (AvgIpc) is 3.24. The van der Waals surface area contributed by atoms with E-state index < -0.39 is 23.0 Å². The monoisotopic (exact) mass is 416 g/mol. The first-order valence-electron chi connectivity index (χ1n) is 11.4. The minimum absolute atomic E-state index is 0.0199. The second-order valence-electron chi connectivity index (χ2n) is 10.7. The number of methoxy groups -OCH3 is 1. The molecule has 0 aromatic carbocycles. The Balaban J connectivity index is 1.63. The molecule has 8 atom stereocenters. The largest absolute Gasteiger partial charge is 0.469 e. The van der Waals surface area contributed by atoms with Crippen molar-refractivity contribution in [2.45, 2.75) is 76.9 Å². The molecule has 4 fully saturated rings. The van der Waals surface area contributed by atoms with E-state index in [4.69, 9.17) is 9.47 Å². The van der Waals surface area contributed by atoms with E-state index in [2.05, 4.69) is 13.8 Å². The Morgan fingerprint density at radius 1 is 1.17 bits per heavy atom. The van der Waals surface area contributed by atoms with E-state index in [-0.39, 0.29) is 40.9 Å². The van der Waals surface area contributed by atoms with Crippen LogP contribution in [0.2, 0.25) is 0 Å². The Labute approximate surface area is 177 Å². The third-order valence-electron chi connectivity index (χ3n) is 9.88. The molecule has 4 aliphatic carbocycles. The van der Waals surface area contributed by atoms with Gasteiger partial charge in [0.15, 0.2) is 0 Å². The first-order chi connectivity index (χ1) is 14.2. The molecule has 0 aromatic rings. The van der Waals surface area contributed by atoms with Crippen LogP contribution < -0.4 is 0 Å². The van der Waals surface area contributed by atoms with Gasteiger partial charge in [0.2, 0.25) is 0 Å². The van der Waals surface area contributed by atoms with Crippen molar-refractivity contribution in [3.63, 3.8) is 0 Å². The zero-order chi connectivity index (χ0) is 21.5. The second-order valence-corrected chi connectivity index (χ2v) is 10.7. The van der Waals surface area contributed by atoms with Gasteiger partial charge in [-0.25, -0.2) is 0 Å². The Hall–Kier alpha value is -1.69. The Kier molecular flexibility index (Phi) is 4.32. The summed E-state index contributed by atoms with van der Waals surface area (Å²) in [7, 11) is 1.42. The highest BCUT2D eigenvalue weighted by molar-refractivity contribution is 5.84. The maximum absolute atomic E-state index is 12.9. The van der Waals surface area contributed by atoms with Gasteiger partial charge >= 0.3 is 11.9 Å². The molecule has 3 saturated carbocycles. The van der Waals surface area contributed by atoms with Crippen molar-refractivity contribution in [2.24, 2.45) is 34.5 Å². The molecular formula is C24H32O6. The fourth-order valence-corrected chi connectivity index (χ4v) is 8.15. The molecule has 164 valence electrons. The minimum Gasteiger partial charge on any atom is -0.469 e. The number of carbonyl (C=O) groups excluding carboxylic acids is 3. The van der Waals surface area contributed by atoms with E-state index in [1.807, 2.05) is 6.08 Å². The number of aliphatic hydroxyl groups is 1. The summed E-state index contributed by atoms with van der Waals surface area (Å²) < 4.78 is 11.1. The van der Waals surface area contributed by atoms with Crippen LogP contribution in [-0.4, -0.2) is 41.6 Å². The van der Waals surface area contributed by atoms with E-state index in [0.717, 1.165) is 24.8 Å². The van der Waals surface area contributed by atoms with E-state index in [9.17, 15) is 19.5 Å². The molecule has 1 heterocycles.